The summed E-state index contributed by atoms with van der Waals surface area (Å²) in [6, 6.07) is 1.18. The summed E-state index contributed by atoms with van der Waals surface area (Å²) in [6.07, 6.45) is -1.77. The molecule has 2 heterocycles. The van der Waals surface area contributed by atoms with Crippen LogP contribution in [0.2, 0.25) is 0 Å². The second-order valence-corrected chi connectivity index (χ2v) is 5.34. The molecule has 1 unspecified atom stereocenters. The Labute approximate surface area is 131 Å². The molecule has 1 aliphatic heterocycles. The molecule has 1 atom stereocenters. The second-order valence-electron chi connectivity index (χ2n) is 5.34. The maximum Gasteiger partial charge on any atom is 0.412 e. The van der Waals surface area contributed by atoms with Crippen molar-refractivity contribution in [2.75, 3.05) is 32.1 Å². The number of aromatic nitrogens is 2. The topological polar surface area (TPSA) is 59.4 Å². The van der Waals surface area contributed by atoms with Crippen LogP contribution in [0, 0.1) is 0 Å². The van der Waals surface area contributed by atoms with Gasteiger partial charge in [0.05, 0.1) is 12.6 Å². The van der Waals surface area contributed by atoms with Gasteiger partial charge in [0.15, 0.2) is 5.82 Å². The molecule has 23 heavy (non-hydrogen) atoms. The minimum Gasteiger partial charge on any atom is -0.382 e. The first-order valence-electron chi connectivity index (χ1n) is 7.17. The maximum absolute atomic E-state index is 12.5. The number of ether oxygens (including phenoxy) is 1. The Morgan fingerprint density at radius 1 is 1.52 bits per heavy atom. The lowest BCUT2D eigenvalue weighted by Gasteiger charge is -2.27. The SMILES string of the molecule is COCC(C)n1ccc(NC(=O)N2CC=C(C(F)(F)F)CC2)n1. The highest BCUT2D eigenvalue weighted by molar-refractivity contribution is 5.88. The third-order valence-electron chi connectivity index (χ3n) is 3.56. The number of rotatable bonds is 4. The predicted molar refractivity (Wildman–Crippen MR) is 78.2 cm³/mol. The number of urea groups is 1. The van der Waals surface area contributed by atoms with Crippen molar-refractivity contribution in [1.82, 2.24) is 14.7 Å². The number of nitrogens with zero attached hydrogens (tertiary/aromatic N) is 3. The fourth-order valence-corrected chi connectivity index (χ4v) is 2.27. The molecule has 1 aromatic heterocycles. The van der Waals surface area contributed by atoms with E-state index in [1.165, 1.54) is 4.90 Å². The molecule has 1 aliphatic rings. The van der Waals surface area contributed by atoms with Crippen LogP contribution in [0.5, 0.6) is 0 Å². The van der Waals surface area contributed by atoms with Crippen molar-refractivity contribution >= 4 is 11.8 Å². The monoisotopic (exact) mass is 332 g/mol. The van der Waals surface area contributed by atoms with Gasteiger partial charge in [-0.25, -0.2) is 4.79 Å². The smallest absolute Gasteiger partial charge is 0.382 e. The third-order valence-corrected chi connectivity index (χ3v) is 3.56. The summed E-state index contributed by atoms with van der Waals surface area (Å²) < 4.78 is 44.3. The lowest BCUT2D eigenvalue weighted by atomic mass is 10.1. The number of nitrogens with one attached hydrogen (secondary N) is 1. The van der Waals surface area contributed by atoms with Crippen molar-refractivity contribution in [3.05, 3.63) is 23.9 Å². The van der Waals surface area contributed by atoms with Crippen LogP contribution in [-0.2, 0) is 4.74 Å². The van der Waals surface area contributed by atoms with Gasteiger partial charge in [-0.05, 0) is 13.3 Å². The summed E-state index contributed by atoms with van der Waals surface area (Å²) in [6.45, 7) is 2.35. The van der Waals surface area contributed by atoms with Gasteiger partial charge in [-0.1, -0.05) is 6.08 Å². The normalized spacial score (nSPS) is 16.9. The fraction of sp³-hybridized carbons (Fsp3) is 0.571. The summed E-state index contributed by atoms with van der Waals surface area (Å²) in [4.78, 5) is 13.4. The van der Waals surface area contributed by atoms with Gasteiger partial charge < -0.3 is 9.64 Å². The van der Waals surface area contributed by atoms with E-state index in [0.717, 1.165) is 6.08 Å². The summed E-state index contributed by atoms with van der Waals surface area (Å²) in [5.74, 6) is 0.351. The zero-order chi connectivity index (χ0) is 17.0. The first-order chi connectivity index (χ1) is 10.8. The van der Waals surface area contributed by atoms with Crippen LogP contribution in [0.25, 0.3) is 0 Å². The molecule has 0 fully saturated rings. The highest BCUT2D eigenvalue weighted by Gasteiger charge is 2.35. The predicted octanol–water partition coefficient (Wildman–Crippen LogP) is 2.82. The van der Waals surface area contributed by atoms with Crippen LogP contribution in [0.3, 0.4) is 0 Å². The Kier molecular flexibility index (Phi) is 5.30. The summed E-state index contributed by atoms with van der Waals surface area (Å²) >= 11 is 0. The molecule has 0 bridgehead atoms. The molecule has 0 saturated carbocycles. The molecule has 1 N–H and O–H groups in total. The number of carbonyl (C=O) groups is 1. The van der Waals surface area contributed by atoms with E-state index in [4.69, 9.17) is 4.74 Å². The van der Waals surface area contributed by atoms with E-state index in [-0.39, 0.29) is 25.6 Å². The Morgan fingerprint density at radius 2 is 2.26 bits per heavy atom. The van der Waals surface area contributed by atoms with Gasteiger partial charge >= 0.3 is 12.2 Å². The lowest BCUT2D eigenvalue weighted by Crippen LogP contribution is -2.39. The Bertz CT molecular complexity index is 583. The standard InChI is InChI=1S/C14H19F3N4O2/c1-10(9-23-2)21-8-5-12(19-21)18-13(22)20-6-3-11(4-7-20)14(15,16)17/h3,5,8,10H,4,6-7,9H2,1-2H3,(H,18,19,22). The molecule has 0 aromatic carbocycles. The molecule has 0 radical (unpaired) electrons. The molecule has 0 spiro atoms. The van der Waals surface area contributed by atoms with E-state index in [1.807, 2.05) is 6.92 Å². The number of hydrogen-bond donors (Lipinski definition) is 1. The van der Waals surface area contributed by atoms with Crippen molar-refractivity contribution < 1.29 is 22.7 Å². The van der Waals surface area contributed by atoms with Crippen LogP contribution < -0.4 is 5.32 Å². The van der Waals surface area contributed by atoms with Gasteiger partial charge in [-0.15, -0.1) is 0 Å². The fourth-order valence-electron chi connectivity index (χ4n) is 2.27. The number of amides is 2. The van der Waals surface area contributed by atoms with Gasteiger partial charge in [0.1, 0.15) is 0 Å². The first kappa shape index (κ1) is 17.3. The summed E-state index contributed by atoms with van der Waals surface area (Å²) in [5.41, 5.74) is -0.584. The molecule has 0 saturated heterocycles. The van der Waals surface area contributed by atoms with Gasteiger partial charge in [0.25, 0.3) is 0 Å². The molecule has 9 heteroatoms. The minimum absolute atomic E-state index is 0.0120. The lowest BCUT2D eigenvalue weighted by molar-refractivity contribution is -0.0956. The zero-order valence-corrected chi connectivity index (χ0v) is 12.9. The largest absolute Gasteiger partial charge is 0.412 e. The van der Waals surface area contributed by atoms with E-state index in [1.54, 1.807) is 24.1 Å². The summed E-state index contributed by atoms with van der Waals surface area (Å²) in [7, 11) is 1.59. The minimum atomic E-state index is -4.32. The van der Waals surface area contributed by atoms with Crippen molar-refractivity contribution in [2.45, 2.75) is 25.6 Å². The molecule has 1 aromatic rings. The molecule has 128 valence electrons. The van der Waals surface area contributed by atoms with Gasteiger partial charge in [0, 0.05) is 38.0 Å². The Morgan fingerprint density at radius 3 is 2.83 bits per heavy atom. The van der Waals surface area contributed by atoms with Crippen molar-refractivity contribution in [3.63, 3.8) is 0 Å². The van der Waals surface area contributed by atoms with Crippen LogP contribution >= 0.6 is 0 Å². The summed E-state index contributed by atoms with van der Waals surface area (Å²) in [5, 5.41) is 6.79. The van der Waals surface area contributed by atoms with Gasteiger partial charge in [-0.3, -0.25) is 10.00 Å². The number of alkyl halides is 3. The molecular formula is C14H19F3N4O2. The van der Waals surface area contributed by atoms with Crippen LogP contribution in [0.1, 0.15) is 19.4 Å². The number of hydrogen-bond acceptors (Lipinski definition) is 3. The van der Waals surface area contributed by atoms with E-state index in [0.29, 0.717) is 12.4 Å². The third kappa shape index (κ3) is 4.47. The molecule has 2 rings (SSSR count). The molecule has 2 amide bonds. The molecule has 0 aliphatic carbocycles. The van der Waals surface area contributed by atoms with E-state index in [9.17, 15) is 18.0 Å². The molecular weight excluding hydrogens is 313 g/mol. The quantitative estimate of drug-likeness (QED) is 0.863. The average molecular weight is 332 g/mol. The van der Waals surface area contributed by atoms with Crippen molar-refractivity contribution in [2.24, 2.45) is 0 Å². The van der Waals surface area contributed by atoms with Crippen molar-refractivity contribution in [1.29, 1.82) is 0 Å². The molecule has 6 nitrogen and oxygen atoms in total. The number of methoxy groups -OCH3 is 1. The highest BCUT2D eigenvalue weighted by Crippen LogP contribution is 2.30. The van der Waals surface area contributed by atoms with E-state index < -0.39 is 17.8 Å². The number of anilines is 1. The van der Waals surface area contributed by atoms with Crippen LogP contribution in [0.15, 0.2) is 23.9 Å². The first-order valence-corrected chi connectivity index (χ1v) is 7.17. The van der Waals surface area contributed by atoms with Gasteiger partial charge in [0.2, 0.25) is 0 Å². The van der Waals surface area contributed by atoms with E-state index in [2.05, 4.69) is 10.4 Å². The second kappa shape index (κ2) is 7.03. The van der Waals surface area contributed by atoms with E-state index >= 15 is 0 Å². The van der Waals surface area contributed by atoms with Crippen LogP contribution in [0.4, 0.5) is 23.8 Å². The van der Waals surface area contributed by atoms with Crippen LogP contribution in [-0.4, -0.2) is 53.7 Å². The number of carbonyl (C=O) groups excluding carboxylic acids is 1. The number of halogens is 3. The van der Waals surface area contributed by atoms with Gasteiger partial charge in [-0.2, -0.15) is 18.3 Å². The maximum atomic E-state index is 12.5. The average Bonchev–Trinajstić information content (AvgIpc) is 2.95. The Hall–Kier alpha value is -2.03. The zero-order valence-electron chi connectivity index (χ0n) is 12.9. The Balaban J connectivity index is 1.92. The van der Waals surface area contributed by atoms with Crippen molar-refractivity contribution in [3.8, 4) is 0 Å². The highest BCUT2D eigenvalue weighted by atomic mass is 19.4.